The predicted molar refractivity (Wildman–Crippen MR) is 103 cm³/mol. The molecular formula is C19H20ClN3O3. The van der Waals surface area contributed by atoms with E-state index >= 15 is 0 Å². The van der Waals surface area contributed by atoms with Crippen LogP contribution in [0.4, 0.5) is 5.69 Å². The molecule has 26 heavy (non-hydrogen) atoms. The summed E-state index contributed by atoms with van der Waals surface area (Å²) >= 11 is 5.77. The lowest BCUT2D eigenvalue weighted by Crippen LogP contribution is -2.20. The van der Waals surface area contributed by atoms with Crippen molar-refractivity contribution >= 4 is 28.9 Å². The van der Waals surface area contributed by atoms with Gasteiger partial charge in [-0.05, 0) is 30.5 Å². The Morgan fingerprint density at radius 1 is 1.15 bits per heavy atom. The topological polar surface area (TPSA) is 84.6 Å². The van der Waals surface area contributed by atoms with Gasteiger partial charge in [-0.2, -0.15) is 5.10 Å². The monoisotopic (exact) mass is 373 g/mol. The van der Waals surface area contributed by atoms with Gasteiger partial charge in [-0.1, -0.05) is 61.7 Å². The van der Waals surface area contributed by atoms with E-state index in [9.17, 15) is 14.9 Å². The van der Waals surface area contributed by atoms with Crippen molar-refractivity contribution in [2.75, 3.05) is 0 Å². The number of amides is 1. The van der Waals surface area contributed by atoms with Crippen molar-refractivity contribution in [1.82, 2.24) is 5.43 Å². The standard InChI is InChI=1S/C19H20ClN3O3/c1-2-3-5-10-17(14-8-6-4-7-9-14)21-22-19(24)15-11-12-16(20)18(13-15)23(25)26/h4,6-9,11-13H,2-3,5,10H2,1H3,(H,22,24)/b21-17+. The molecule has 0 saturated carbocycles. The van der Waals surface area contributed by atoms with Gasteiger partial charge in [-0.3, -0.25) is 14.9 Å². The summed E-state index contributed by atoms with van der Waals surface area (Å²) in [7, 11) is 0. The first-order chi connectivity index (χ1) is 12.5. The minimum absolute atomic E-state index is 0.0143. The van der Waals surface area contributed by atoms with E-state index in [4.69, 9.17) is 11.6 Å². The minimum Gasteiger partial charge on any atom is -0.267 e. The van der Waals surface area contributed by atoms with Gasteiger partial charge in [0.1, 0.15) is 5.02 Å². The zero-order valence-electron chi connectivity index (χ0n) is 14.4. The minimum atomic E-state index is -0.622. The summed E-state index contributed by atoms with van der Waals surface area (Å²) < 4.78 is 0. The molecule has 2 aromatic rings. The van der Waals surface area contributed by atoms with Crippen LogP contribution in [0.25, 0.3) is 0 Å². The number of nitrogens with zero attached hydrogens (tertiary/aromatic N) is 2. The first-order valence-corrected chi connectivity index (χ1v) is 8.77. The normalized spacial score (nSPS) is 11.2. The zero-order chi connectivity index (χ0) is 18.9. The fourth-order valence-electron chi connectivity index (χ4n) is 2.41. The number of carbonyl (C=O) groups excluding carboxylic acids is 1. The predicted octanol–water partition coefficient (Wildman–Crippen LogP) is 4.96. The van der Waals surface area contributed by atoms with Crippen LogP contribution in [-0.4, -0.2) is 16.5 Å². The highest BCUT2D eigenvalue weighted by atomic mass is 35.5. The van der Waals surface area contributed by atoms with Crippen LogP contribution in [0.3, 0.4) is 0 Å². The molecule has 136 valence electrons. The van der Waals surface area contributed by atoms with Gasteiger partial charge in [0.15, 0.2) is 0 Å². The van der Waals surface area contributed by atoms with Crippen LogP contribution in [0, 0.1) is 10.1 Å². The quantitative estimate of drug-likeness (QED) is 0.307. The molecule has 1 N–H and O–H groups in total. The lowest BCUT2D eigenvalue weighted by Gasteiger charge is -2.08. The molecule has 1 amide bonds. The number of nitro benzene ring substituents is 1. The van der Waals surface area contributed by atoms with Crippen LogP contribution in [0.1, 0.15) is 48.5 Å². The SMILES string of the molecule is CCCCC/C(=N\NC(=O)c1ccc(Cl)c([N+](=O)[O-])c1)c1ccccc1. The van der Waals surface area contributed by atoms with Crippen molar-refractivity contribution in [3.63, 3.8) is 0 Å². The van der Waals surface area contributed by atoms with Crippen molar-refractivity contribution in [2.24, 2.45) is 5.10 Å². The Balaban J connectivity index is 2.18. The summed E-state index contributed by atoms with van der Waals surface area (Å²) in [5.41, 5.74) is 4.02. The first kappa shape index (κ1) is 19.6. The van der Waals surface area contributed by atoms with Crippen molar-refractivity contribution in [3.8, 4) is 0 Å². The molecule has 0 unspecified atom stereocenters. The number of hydrogen-bond acceptors (Lipinski definition) is 4. The van der Waals surface area contributed by atoms with Crippen LogP contribution >= 0.6 is 11.6 Å². The molecule has 0 aromatic heterocycles. The van der Waals surface area contributed by atoms with Gasteiger partial charge >= 0.3 is 0 Å². The molecule has 0 saturated heterocycles. The molecule has 0 aliphatic heterocycles. The van der Waals surface area contributed by atoms with Gasteiger partial charge in [-0.15, -0.1) is 0 Å². The van der Waals surface area contributed by atoms with Crippen molar-refractivity contribution in [3.05, 3.63) is 74.8 Å². The van der Waals surface area contributed by atoms with E-state index in [1.807, 2.05) is 30.3 Å². The van der Waals surface area contributed by atoms with E-state index in [0.717, 1.165) is 43.0 Å². The highest BCUT2D eigenvalue weighted by Crippen LogP contribution is 2.25. The summed E-state index contributed by atoms with van der Waals surface area (Å²) in [4.78, 5) is 22.6. The Labute approximate surface area is 157 Å². The van der Waals surface area contributed by atoms with Gasteiger partial charge in [0.05, 0.1) is 10.6 Å². The van der Waals surface area contributed by atoms with Crippen molar-refractivity contribution < 1.29 is 9.72 Å². The molecule has 7 heteroatoms. The molecule has 0 aliphatic rings. The Morgan fingerprint density at radius 2 is 1.88 bits per heavy atom. The number of carbonyl (C=O) groups is 1. The van der Waals surface area contributed by atoms with Crippen LogP contribution < -0.4 is 5.43 Å². The number of nitro groups is 1. The Bertz CT molecular complexity index is 807. The summed E-state index contributed by atoms with van der Waals surface area (Å²) in [5, 5.41) is 15.2. The smallest absolute Gasteiger partial charge is 0.267 e. The second-order valence-electron chi connectivity index (χ2n) is 5.75. The molecular weight excluding hydrogens is 354 g/mol. The van der Waals surface area contributed by atoms with Gasteiger partial charge in [0.2, 0.25) is 0 Å². The number of hydrazone groups is 1. The molecule has 6 nitrogen and oxygen atoms in total. The molecule has 0 spiro atoms. The first-order valence-electron chi connectivity index (χ1n) is 8.39. The van der Waals surface area contributed by atoms with Gasteiger partial charge in [-0.25, -0.2) is 5.43 Å². The number of unbranched alkanes of at least 4 members (excludes halogenated alkanes) is 2. The maximum absolute atomic E-state index is 12.3. The molecule has 2 aromatic carbocycles. The molecule has 0 atom stereocenters. The van der Waals surface area contributed by atoms with Crippen molar-refractivity contribution in [1.29, 1.82) is 0 Å². The fraction of sp³-hybridized carbons (Fsp3) is 0.263. The maximum Gasteiger partial charge on any atom is 0.288 e. The van der Waals surface area contributed by atoms with Gasteiger partial charge in [0.25, 0.3) is 11.6 Å². The van der Waals surface area contributed by atoms with E-state index in [0.29, 0.717) is 0 Å². The third-order valence-corrected chi connectivity index (χ3v) is 4.14. The molecule has 0 aliphatic carbocycles. The maximum atomic E-state index is 12.3. The average molecular weight is 374 g/mol. The summed E-state index contributed by atoms with van der Waals surface area (Å²) in [6.45, 7) is 2.12. The lowest BCUT2D eigenvalue weighted by atomic mass is 10.0. The van der Waals surface area contributed by atoms with Crippen molar-refractivity contribution in [2.45, 2.75) is 32.6 Å². The number of benzene rings is 2. The van der Waals surface area contributed by atoms with Crippen LogP contribution in [0.15, 0.2) is 53.6 Å². The van der Waals surface area contributed by atoms with Gasteiger partial charge < -0.3 is 0 Å². The molecule has 2 rings (SSSR count). The highest BCUT2D eigenvalue weighted by Gasteiger charge is 2.16. The number of halogens is 1. The zero-order valence-corrected chi connectivity index (χ0v) is 15.2. The molecule has 0 bridgehead atoms. The second-order valence-corrected chi connectivity index (χ2v) is 6.15. The summed E-state index contributed by atoms with van der Waals surface area (Å²) in [5.74, 6) is -0.520. The Kier molecular flexibility index (Phi) is 7.29. The third kappa shape index (κ3) is 5.39. The van der Waals surface area contributed by atoms with Crippen LogP contribution in [0.5, 0.6) is 0 Å². The second kappa shape index (κ2) is 9.68. The third-order valence-electron chi connectivity index (χ3n) is 3.82. The molecule has 0 fully saturated rings. The Hall–Kier alpha value is -2.73. The van der Waals surface area contributed by atoms with E-state index in [-0.39, 0.29) is 16.3 Å². The lowest BCUT2D eigenvalue weighted by molar-refractivity contribution is -0.384. The summed E-state index contributed by atoms with van der Waals surface area (Å²) in [6.07, 6.45) is 3.86. The largest absolute Gasteiger partial charge is 0.288 e. The fourth-order valence-corrected chi connectivity index (χ4v) is 2.60. The number of hydrogen-bond donors (Lipinski definition) is 1. The van der Waals surface area contributed by atoms with E-state index in [1.54, 1.807) is 0 Å². The number of rotatable bonds is 8. The van der Waals surface area contributed by atoms with Crippen LogP contribution in [0.2, 0.25) is 5.02 Å². The highest BCUT2D eigenvalue weighted by molar-refractivity contribution is 6.32. The van der Waals surface area contributed by atoms with E-state index in [2.05, 4.69) is 17.5 Å². The molecule has 0 heterocycles. The molecule has 0 radical (unpaired) electrons. The summed E-state index contributed by atoms with van der Waals surface area (Å²) in [6, 6.07) is 13.5. The van der Waals surface area contributed by atoms with Gasteiger partial charge in [0, 0.05) is 11.6 Å². The van der Waals surface area contributed by atoms with E-state index < -0.39 is 10.8 Å². The van der Waals surface area contributed by atoms with Crippen LogP contribution in [-0.2, 0) is 0 Å². The average Bonchev–Trinajstić information content (AvgIpc) is 2.65. The van der Waals surface area contributed by atoms with E-state index in [1.165, 1.54) is 12.1 Å². The Morgan fingerprint density at radius 3 is 2.54 bits per heavy atom. The number of nitrogens with one attached hydrogen (secondary N) is 1.